The van der Waals surface area contributed by atoms with E-state index >= 15 is 0 Å². The maximum Gasteiger partial charge on any atom is 0.114 e. The molecule has 0 aliphatic heterocycles. The number of hydrogen-bond acceptors (Lipinski definition) is 3. The molecule has 14 heavy (non-hydrogen) atoms. The average Bonchev–Trinajstić information content (AvgIpc) is 2.95. The number of rotatable bonds is 4. The molecule has 0 radical (unpaired) electrons. The zero-order valence-electron chi connectivity index (χ0n) is 9.21. The van der Waals surface area contributed by atoms with Gasteiger partial charge < -0.3 is 0 Å². The number of hydrogen-bond donors (Lipinski definition) is 0. The third-order valence-corrected chi connectivity index (χ3v) is 3.61. The molecule has 0 bridgehead atoms. The van der Waals surface area contributed by atoms with Gasteiger partial charge in [-0.05, 0) is 25.7 Å². The fourth-order valence-corrected chi connectivity index (χ4v) is 1.82. The zero-order chi connectivity index (χ0) is 10.2. The predicted octanol–water partition coefficient (Wildman–Crippen LogP) is 3.02. The van der Waals surface area contributed by atoms with Gasteiger partial charge in [0.1, 0.15) is 11.4 Å². The van der Waals surface area contributed by atoms with E-state index in [1.165, 1.54) is 12.8 Å². The third kappa shape index (κ3) is 1.45. The lowest BCUT2D eigenvalue weighted by Gasteiger charge is -2.24. The molecular weight excluding hydrogens is 176 g/mol. The Labute approximate surface area is 84.8 Å². The van der Waals surface area contributed by atoms with Crippen molar-refractivity contribution in [2.45, 2.75) is 57.8 Å². The molecule has 1 aliphatic rings. The monoisotopic (exact) mass is 194 g/mol. The van der Waals surface area contributed by atoms with Gasteiger partial charge >= 0.3 is 0 Å². The summed E-state index contributed by atoms with van der Waals surface area (Å²) in [5, 5.41) is 8.16. The highest BCUT2D eigenvalue weighted by molar-refractivity contribution is 5.25. The molecule has 1 saturated carbocycles. The van der Waals surface area contributed by atoms with Crippen LogP contribution in [0.2, 0.25) is 0 Å². The summed E-state index contributed by atoms with van der Waals surface area (Å²) in [6, 6.07) is 0. The first-order chi connectivity index (χ1) is 6.71. The molecule has 78 valence electrons. The lowest BCUT2D eigenvalue weighted by molar-refractivity contribution is 0.288. The third-order valence-electron chi connectivity index (χ3n) is 3.61. The molecular formula is C11H18N2O. The lowest BCUT2D eigenvalue weighted by Crippen LogP contribution is -2.21. The van der Waals surface area contributed by atoms with Gasteiger partial charge in [0.25, 0.3) is 0 Å². The first-order valence-corrected chi connectivity index (χ1v) is 5.54. The molecule has 0 N–H and O–H groups in total. The van der Waals surface area contributed by atoms with Crippen molar-refractivity contribution in [3.8, 4) is 0 Å². The van der Waals surface area contributed by atoms with E-state index in [-0.39, 0.29) is 5.41 Å². The van der Waals surface area contributed by atoms with Crippen LogP contribution in [0.15, 0.2) is 4.63 Å². The molecule has 0 unspecified atom stereocenters. The van der Waals surface area contributed by atoms with E-state index in [0.29, 0.717) is 5.92 Å². The van der Waals surface area contributed by atoms with Crippen molar-refractivity contribution >= 4 is 0 Å². The van der Waals surface area contributed by atoms with Gasteiger partial charge in [-0.1, -0.05) is 31.1 Å². The van der Waals surface area contributed by atoms with Crippen molar-refractivity contribution in [3.05, 3.63) is 11.4 Å². The Morgan fingerprint density at radius 3 is 2.43 bits per heavy atom. The molecule has 1 aromatic rings. The standard InChI is InChI=1S/C11H18N2O/c1-4-11(3,5-2)10-9(8-6-7-8)12-14-13-10/h8H,4-7H2,1-3H3. The summed E-state index contributed by atoms with van der Waals surface area (Å²) < 4.78 is 4.90. The molecule has 1 fully saturated rings. The van der Waals surface area contributed by atoms with Crippen LogP contribution in [0.3, 0.4) is 0 Å². The van der Waals surface area contributed by atoms with E-state index < -0.39 is 0 Å². The largest absolute Gasteiger partial charge is 0.244 e. The fourth-order valence-electron chi connectivity index (χ4n) is 1.82. The summed E-state index contributed by atoms with van der Waals surface area (Å²) in [6.07, 6.45) is 4.70. The minimum Gasteiger partial charge on any atom is -0.244 e. The van der Waals surface area contributed by atoms with Crippen LogP contribution in [0.5, 0.6) is 0 Å². The van der Waals surface area contributed by atoms with Crippen LogP contribution in [-0.2, 0) is 5.41 Å². The Kier molecular flexibility index (Phi) is 2.33. The van der Waals surface area contributed by atoms with E-state index in [0.717, 1.165) is 24.2 Å². The second kappa shape index (κ2) is 3.37. The fraction of sp³-hybridized carbons (Fsp3) is 0.818. The van der Waals surface area contributed by atoms with Gasteiger partial charge in [0.15, 0.2) is 0 Å². The molecule has 0 atom stereocenters. The molecule has 0 aromatic carbocycles. The SMILES string of the molecule is CCC(C)(CC)c1nonc1C1CC1. The molecule has 1 aliphatic carbocycles. The summed E-state index contributed by atoms with van der Waals surface area (Å²) in [4.78, 5) is 0. The van der Waals surface area contributed by atoms with Crippen molar-refractivity contribution in [1.82, 2.24) is 10.3 Å². The highest BCUT2D eigenvalue weighted by Crippen LogP contribution is 2.44. The van der Waals surface area contributed by atoms with E-state index in [2.05, 4.69) is 31.1 Å². The minimum absolute atomic E-state index is 0.151. The summed E-state index contributed by atoms with van der Waals surface area (Å²) in [7, 11) is 0. The van der Waals surface area contributed by atoms with Gasteiger partial charge in [-0.25, -0.2) is 4.63 Å². The lowest BCUT2D eigenvalue weighted by atomic mass is 9.80. The number of aromatic nitrogens is 2. The molecule has 0 spiro atoms. The summed E-state index contributed by atoms with van der Waals surface area (Å²) in [5.41, 5.74) is 2.37. The molecule has 3 heteroatoms. The predicted molar refractivity (Wildman–Crippen MR) is 54.2 cm³/mol. The molecule has 2 rings (SSSR count). The van der Waals surface area contributed by atoms with Gasteiger partial charge in [0, 0.05) is 11.3 Å². The van der Waals surface area contributed by atoms with E-state index in [1.54, 1.807) is 0 Å². The first-order valence-electron chi connectivity index (χ1n) is 5.54. The average molecular weight is 194 g/mol. The first kappa shape index (κ1) is 9.69. The highest BCUT2D eigenvalue weighted by atomic mass is 16.6. The Bertz CT molecular complexity index is 311. The maximum atomic E-state index is 4.90. The molecule has 0 amide bonds. The van der Waals surface area contributed by atoms with E-state index in [4.69, 9.17) is 4.63 Å². The molecule has 1 heterocycles. The van der Waals surface area contributed by atoms with Gasteiger partial charge in [-0.15, -0.1) is 0 Å². The smallest absolute Gasteiger partial charge is 0.114 e. The highest BCUT2D eigenvalue weighted by Gasteiger charge is 2.37. The van der Waals surface area contributed by atoms with Crippen LogP contribution >= 0.6 is 0 Å². The van der Waals surface area contributed by atoms with Gasteiger partial charge in [-0.2, -0.15) is 0 Å². The Balaban J connectivity index is 2.33. The zero-order valence-corrected chi connectivity index (χ0v) is 9.21. The van der Waals surface area contributed by atoms with Gasteiger partial charge in [-0.3, -0.25) is 0 Å². The van der Waals surface area contributed by atoms with Crippen molar-refractivity contribution < 1.29 is 4.63 Å². The van der Waals surface area contributed by atoms with Gasteiger partial charge in [0.05, 0.1) is 0 Å². The molecule has 0 saturated heterocycles. The van der Waals surface area contributed by atoms with Crippen LogP contribution in [0.1, 0.15) is 63.8 Å². The summed E-state index contributed by atoms with van der Waals surface area (Å²) in [5.74, 6) is 0.633. The second-order valence-electron chi connectivity index (χ2n) is 4.54. The van der Waals surface area contributed by atoms with Crippen LogP contribution in [0.25, 0.3) is 0 Å². The Morgan fingerprint density at radius 2 is 1.93 bits per heavy atom. The van der Waals surface area contributed by atoms with Crippen molar-refractivity contribution in [1.29, 1.82) is 0 Å². The van der Waals surface area contributed by atoms with Crippen LogP contribution in [-0.4, -0.2) is 10.3 Å². The van der Waals surface area contributed by atoms with E-state index in [1.807, 2.05) is 0 Å². The molecule has 3 nitrogen and oxygen atoms in total. The second-order valence-corrected chi connectivity index (χ2v) is 4.54. The van der Waals surface area contributed by atoms with Crippen molar-refractivity contribution in [2.24, 2.45) is 0 Å². The quantitative estimate of drug-likeness (QED) is 0.739. The maximum absolute atomic E-state index is 4.90. The summed E-state index contributed by atoms with van der Waals surface area (Å²) >= 11 is 0. The number of nitrogens with zero attached hydrogens (tertiary/aromatic N) is 2. The normalized spacial score (nSPS) is 17.4. The van der Waals surface area contributed by atoms with Crippen molar-refractivity contribution in [2.75, 3.05) is 0 Å². The van der Waals surface area contributed by atoms with Crippen LogP contribution in [0, 0.1) is 0 Å². The van der Waals surface area contributed by atoms with Crippen LogP contribution < -0.4 is 0 Å². The topological polar surface area (TPSA) is 38.9 Å². The Hall–Kier alpha value is -0.860. The van der Waals surface area contributed by atoms with Gasteiger partial charge in [0.2, 0.25) is 0 Å². The summed E-state index contributed by atoms with van der Waals surface area (Å²) in [6.45, 7) is 6.65. The molecule has 1 aromatic heterocycles. The Morgan fingerprint density at radius 1 is 1.29 bits per heavy atom. The van der Waals surface area contributed by atoms with Crippen molar-refractivity contribution in [3.63, 3.8) is 0 Å². The minimum atomic E-state index is 0.151. The van der Waals surface area contributed by atoms with Crippen LogP contribution in [0.4, 0.5) is 0 Å². The van der Waals surface area contributed by atoms with E-state index in [9.17, 15) is 0 Å².